The zero-order valence-electron chi connectivity index (χ0n) is 24.7. The van der Waals surface area contributed by atoms with Crippen LogP contribution in [0.5, 0.6) is 0 Å². The molecule has 0 aromatic heterocycles. The highest BCUT2D eigenvalue weighted by Gasteiger charge is 2.99. The van der Waals surface area contributed by atoms with Crippen LogP contribution in [0.2, 0.25) is 0 Å². The van der Waals surface area contributed by atoms with Crippen LogP contribution in [0.4, 0.5) is 115 Å². The lowest BCUT2D eigenvalue weighted by molar-refractivity contribution is -0.482. The summed E-state index contributed by atoms with van der Waals surface area (Å²) in [5, 5.41) is 1.31. The molecule has 0 aliphatic rings. The Morgan fingerprint density at radius 1 is 0.585 bits per heavy atom. The van der Waals surface area contributed by atoms with E-state index in [1.54, 1.807) is 0 Å². The van der Waals surface area contributed by atoms with E-state index in [1.165, 1.54) is 5.32 Å². The van der Waals surface area contributed by atoms with Gasteiger partial charge in [0, 0.05) is 12.5 Å². The Kier molecular flexibility index (Phi) is 11.8. The smallest absolute Gasteiger partial charge is 0.349 e. The van der Waals surface area contributed by atoms with Crippen molar-refractivity contribution < 1.29 is 119 Å². The summed E-state index contributed by atoms with van der Waals surface area (Å²) in [5.74, 6) is -101. The van der Waals surface area contributed by atoms with Gasteiger partial charge in [-0.05, 0) is 25.5 Å². The van der Waals surface area contributed by atoms with E-state index < -0.39 is 101 Å². The highest BCUT2D eigenvalue weighted by molar-refractivity contribution is 6.00. The minimum absolute atomic E-state index is 0.142. The normalized spacial score (nSPS) is 15.9. The maximum atomic E-state index is 14.4. The van der Waals surface area contributed by atoms with Gasteiger partial charge in [0.05, 0.1) is 11.3 Å². The van der Waals surface area contributed by atoms with Crippen LogP contribution in [0.15, 0.2) is 23.2 Å². The van der Waals surface area contributed by atoms with E-state index in [0.29, 0.717) is 0 Å². The van der Waals surface area contributed by atoms with Crippen LogP contribution in [-0.4, -0.2) is 89.4 Å². The second kappa shape index (κ2) is 13.3. The second-order valence-electron chi connectivity index (χ2n) is 10.7. The third-order valence-electron chi connectivity index (χ3n) is 6.95. The summed E-state index contributed by atoms with van der Waals surface area (Å²) >= 11 is 0. The molecule has 1 amide bonds. The summed E-state index contributed by atoms with van der Waals surface area (Å²) in [4.78, 5) is 25.9. The standard InChI is InChI=1S/C24H13F25N2O2/c1-8-4-3-5-10(50-7-52)11(8)12(53)51-9(2)6-13(25,26)14(27,28)15(29,30)16(31,32)17(33,34)18(35,36)19(37,38)20(39,40)21(41,42)22(43,44)23(45,46)24(47,48)49/h3-5,9H,6H2,1-2H3,(H,51,53). The molecule has 0 saturated heterocycles. The van der Waals surface area contributed by atoms with Crippen molar-refractivity contribution in [2.75, 3.05) is 0 Å². The number of aliphatic imine (C=N–C) groups is 1. The number of hydrogen-bond donors (Lipinski definition) is 1. The van der Waals surface area contributed by atoms with Gasteiger partial charge in [0.15, 0.2) is 0 Å². The van der Waals surface area contributed by atoms with Crippen molar-refractivity contribution in [3.05, 3.63) is 29.3 Å². The molecule has 306 valence electrons. The fourth-order valence-electron chi connectivity index (χ4n) is 3.93. The first-order valence-corrected chi connectivity index (χ1v) is 12.7. The summed E-state index contributed by atoms with van der Waals surface area (Å²) in [7, 11) is 0. The number of hydrogen-bond acceptors (Lipinski definition) is 3. The molecule has 0 radical (unpaired) electrons. The summed E-state index contributed by atoms with van der Waals surface area (Å²) in [6.07, 6.45) is -10.5. The van der Waals surface area contributed by atoms with E-state index in [1.807, 2.05) is 0 Å². The molecule has 53 heavy (non-hydrogen) atoms. The third kappa shape index (κ3) is 6.60. The summed E-state index contributed by atoms with van der Waals surface area (Å²) < 4.78 is 341. The molecule has 0 heterocycles. The molecule has 0 aliphatic heterocycles. The average Bonchev–Trinajstić information content (AvgIpc) is 2.95. The van der Waals surface area contributed by atoms with Crippen LogP contribution in [0.1, 0.15) is 29.3 Å². The largest absolute Gasteiger partial charge is 0.460 e. The molecule has 0 fully saturated rings. The Morgan fingerprint density at radius 2 is 0.906 bits per heavy atom. The molecule has 0 saturated carbocycles. The van der Waals surface area contributed by atoms with Gasteiger partial charge < -0.3 is 5.32 Å². The molecule has 4 nitrogen and oxygen atoms in total. The average molecular weight is 836 g/mol. The number of carbonyl (C=O) groups is 1. The molecule has 0 bridgehead atoms. The molecule has 1 unspecified atom stereocenters. The fraction of sp³-hybridized carbons (Fsp3) is 0.667. The molecule has 1 aromatic carbocycles. The van der Waals surface area contributed by atoms with Crippen LogP contribution in [0.3, 0.4) is 0 Å². The summed E-state index contributed by atoms with van der Waals surface area (Å²) in [6.45, 7) is 1.18. The first kappa shape index (κ1) is 47.3. The zero-order chi connectivity index (χ0) is 42.8. The number of nitrogens with zero attached hydrogens (tertiary/aromatic N) is 1. The van der Waals surface area contributed by atoms with Crippen molar-refractivity contribution in [2.45, 2.75) is 97.6 Å². The molecular weight excluding hydrogens is 823 g/mol. The van der Waals surface area contributed by atoms with Gasteiger partial charge in [0.1, 0.15) is 0 Å². The molecule has 0 spiro atoms. The molecule has 1 aromatic rings. The van der Waals surface area contributed by atoms with Gasteiger partial charge in [0.25, 0.3) is 5.91 Å². The van der Waals surface area contributed by atoms with Crippen molar-refractivity contribution >= 4 is 17.7 Å². The number of isocyanates is 1. The highest BCUT2D eigenvalue weighted by Crippen LogP contribution is 2.68. The maximum Gasteiger partial charge on any atom is 0.460 e. The van der Waals surface area contributed by atoms with Crippen LogP contribution in [-0.2, 0) is 4.79 Å². The fourth-order valence-corrected chi connectivity index (χ4v) is 3.93. The molecule has 1 atom stereocenters. The van der Waals surface area contributed by atoms with Crippen molar-refractivity contribution in [1.29, 1.82) is 0 Å². The first-order valence-electron chi connectivity index (χ1n) is 12.7. The Balaban J connectivity index is 3.72. The Labute approximate surface area is 275 Å². The second-order valence-corrected chi connectivity index (χ2v) is 10.7. The van der Waals surface area contributed by atoms with Gasteiger partial charge in [-0.3, -0.25) is 4.79 Å². The molecule has 29 heteroatoms. The number of halogens is 25. The van der Waals surface area contributed by atoms with E-state index in [0.717, 1.165) is 31.2 Å². The number of benzene rings is 1. The number of carbonyl (C=O) groups excluding carboxylic acids is 2. The van der Waals surface area contributed by atoms with E-state index in [4.69, 9.17) is 0 Å². The minimum atomic E-state index is -9.67. The van der Waals surface area contributed by atoms with Crippen LogP contribution < -0.4 is 5.32 Å². The van der Waals surface area contributed by atoms with Crippen molar-refractivity contribution in [2.24, 2.45) is 4.99 Å². The maximum absolute atomic E-state index is 14.4. The van der Waals surface area contributed by atoms with Crippen molar-refractivity contribution in [1.82, 2.24) is 5.32 Å². The number of nitrogens with one attached hydrogen (secondary N) is 1. The van der Waals surface area contributed by atoms with Gasteiger partial charge in [-0.15, -0.1) is 0 Å². The van der Waals surface area contributed by atoms with E-state index in [2.05, 4.69) is 4.99 Å². The summed E-state index contributed by atoms with van der Waals surface area (Å²) in [6, 6.07) is 0.216. The van der Waals surface area contributed by atoms with E-state index in [-0.39, 0.29) is 12.5 Å². The lowest BCUT2D eigenvalue weighted by atomic mass is 9.84. The first-order chi connectivity index (χ1) is 23.0. The number of rotatable bonds is 15. The van der Waals surface area contributed by atoms with Crippen molar-refractivity contribution in [3.63, 3.8) is 0 Å². The molecule has 1 N–H and O–H groups in total. The molecule has 1 rings (SSSR count). The Bertz CT molecular complexity index is 1570. The lowest BCUT2D eigenvalue weighted by Crippen LogP contribution is -2.78. The number of amides is 1. The van der Waals surface area contributed by atoms with Gasteiger partial charge in [-0.2, -0.15) is 115 Å². The summed E-state index contributed by atoms with van der Waals surface area (Å²) in [5.41, 5.74) is -1.63. The number of alkyl halides is 25. The predicted molar refractivity (Wildman–Crippen MR) is 121 cm³/mol. The number of aryl methyl sites for hydroxylation is 1. The Hall–Kier alpha value is -3.68. The Morgan fingerprint density at radius 3 is 1.23 bits per heavy atom. The quantitative estimate of drug-likeness (QED) is 0.109. The van der Waals surface area contributed by atoms with Crippen LogP contribution in [0, 0.1) is 6.92 Å². The van der Waals surface area contributed by atoms with Gasteiger partial charge in [-0.25, -0.2) is 4.79 Å². The monoisotopic (exact) mass is 836 g/mol. The van der Waals surface area contributed by atoms with E-state index >= 15 is 0 Å². The lowest BCUT2D eigenvalue weighted by Gasteiger charge is -2.45. The predicted octanol–water partition coefficient (Wildman–Crippen LogP) is 10.0. The third-order valence-corrected chi connectivity index (χ3v) is 6.95. The van der Waals surface area contributed by atoms with Crippen LogP contribution in [0.25, 0.3) is 0 Å². The van der Waals surface area contributed by atoms with Gasteiger partial charge >= 0.3 is 71.3 Å². The topological polar surface area (TPSA) is 58.5 Å². The van der Waals surface area contributed by atoms with E-state index in [9.17, 15) is 119 Å². The molecule has 0 aliphatic carbocycles. The van der Waals surface area contributed by atoms with Crippen LogP contribution >= 0.6 is 0 Å². The minimum Gasteiger partial charge on any atom is -0.349 e. The zero-order valence-corrected chi connectivity index (χ0v) is 24.7. The van der Waals surface area contributed by atoms with Gasteiger partial charge in [0.2, 0.25) is 6.08 Å². The highest BCUT2D eigenvalue weighted by atomic mass is 19.4. The SMILES string of the molecule is Cc1cccc(N=C=O)c1C(=O)NC(C)CC(F)(F)C(F)(F)C(F)(F)C(F)(F)C(F)(F)C(F)(F)C(F)(F)C(F)(F)C(F)(F)C(F)(F)C(F)(F)C(F)(F)F. The van der Waals surface area contributed by atoms with Gasteiger partial charge in [-0.1, -0.05) is 12.1 Å². The van der Waals surface area contributed by atoms with Crippen molar-refractivity contribution in [3.8, 4) is 0 Å². The molecular formula is C24H13F25N2O2.